The lowest BCUT2D eigenvalue weighted by Gasteiger charge is -2.24. The van der Waals surface area contributed by atoms with Crippen LogP contribution >= 0.6 is 0 Å². The molecule has 0 aromatic heterocycles. The van der Waals surface area contributed by atoms with Crippen LogP contribution in [0.15, 0.2) is 6.07 Å². The molecule has 0 amide bonds. The number of methoxy groups -OCH3 is 1. The lowest BCUT2D eigenvalue weighted by Crippen LogP contribution is -2.29. The molecular formula is C15H25NO2. The summed E-state index contributed by atoms with van der Waals surface area (Å²) in [7, 11) is 1.70. The van der Waals surface area contributed by atoms with E-state index in [0.29, 0.717) is 5.92 Å². The fraction of sp³-hybridized carbons (Fsp3) is 0.600. The van der Waals surface area contributed by atoms with Gasteiger partial charge in [0.2, 0.25) is 0 Å². The van der Waals surface area contributed by atoms with Crippen LogP contribution < -0.4 is 10.1 Å². The average molecular weight is 251 g/mol. The zero-order valence-electron chi connectivity index (χ0n) is 12.3. The van der Waals surface area contributed by atoms with Crippen LogP contribution in [0.5, 0.6) is 5.75 Å². The number of nitrogens with one attached hydrogen (secondary N) is 1. The van der Waals surface area contributed by atoms with Gasteiger partial charge in [-0.05, 0) is 49.4 Å². The summed E-state index contributed by atoms with van der Waals surface area (Å²) in [6, 6.07) is 2.17. The van der Waals surface area contributed by atoms with Crippen molar-refractivity contribution >= 4 is 5.69 Å². The molecule has 1 unspecified atom stereocenters. The van der Waals surface area contributed by atoms with Crippen molar-refractivity contribution in [1.82, 2.24) is 0 Å². The first-order chi connectivity index (χ1) is 8.42. The summed E-state index contributed by atoms with van der Waals surface area (Å²) in [4.78, 5) is 0. The van der Waals surface area contributed by atoms with E-state index in [1.807, 2.05) is 6.92 Å². The van der Waals surface area contributed by atoms with Crippen LogP contribution in [0.4, 0.5) is 5.69 Å². The first kappa shape index (κ1) is 14.8. The molecule has 3 heteroatoms. The highest BCUT2D eigenvalue weighted by molar-refractivity contribution is 5.62. The SMILES string of the molecule is COc1c(C)cc(NC(CO)C(C)C)c(C)c1C. The number of aliphatic hydroxyl groups is 1. The summed E-state index contributed by atoms with van der Waals surface area (Å²) in [6.07, 6.45) is 0. The quantitative estimate of drug-likeness (QED) is 0.845. The Bertz CT molecular complexity index is 413. The minimum Gasteiger partial charge on any atom is -0.496 e. The molecule has 0 fully saturated rings. The maximum Gasteiger partial charge on any atom is 0.125 e. The molecule has 0 saturated carbocycles. The van der Waals surface area contributed by atoms with Gasteiger partial charge in [-0.2, -0.15) is 0 Å². The Labute approximate surface area is 110 Å². The number of benzene rings is 1. The first-order valence-corrected chi connectivity index (χ1v) is 6.44. The second kappa shape index (κ2) is 6.10. The van der Waals surface area contributed by atoms with Gasteiger partial charge in [-0.25, -0.2) is 0 Å². The van der Waals surface area contributed by atoms with Crippen LogP contribution in [-0.4, -0.2) is 24.9 Å². The van der Waals surface area contributed by atoms with Crippen molar-refractivity contribution in [3.05, 3.63) is 22.8 Å². The van der Waals surface area contributed by atoms with E-state index in [1.165, 1.54) is 5.56 Å². The number of anilines is 1. The van der Waals surface area contributed by atoms with Crippen molar-refractivity contribution in [3.63, 3.8) is 0 Å². The minimum absolute atomic E-state index is 0.0795. The maximum absolute atomic E-state index is 9.40. The van der Waals surface area contributed by atoms with E-state index in [2.05, 4.69) is 39.1 Å². The Morgan fingerprint density at radius 3 is 2.28 bits per heavy atom. The van der Waals surface area contributed by atoms with Crippen LogP contribution in [-0.2, 0) is 0 Å². The number of hydrogen-bond donors (Lipinski definition) is 2. The highest BCUT2D eigenvalue weighted by atomic mass is 16.5. The molecule has 0 aliphatic rings. The van der Waals surface area contributed by atoms with E-state index in [0.717, 1.165) is 22.6 Å². The van der Waals surface area contributed by atoms with Gasteiger partial charge in [0.05, 0.1) is 19.8 Å². The summed E-state index contributed by atoms with van der Waals surface area (Å²) in [5.74, 6) is 1.33. The van der Waals surface area contributed by atoms with Gasteiger partial charge >= 0.3 is 0 Å². The third-order valence-electron chi connectivity index (χ3n) is 3.57. The number of aliphatic hydroxyl groups excluding tert-OH is 1. The zero-order chi connectivity index (χ0) is 13.9. The summed E-state index contributed by atoms with van der Waals surface area (Å²) in [6.45, 7) is 10.5. The molecule has 0 bridgehead atoms. The third-order valence-corrected chi connectivity index (χ3v) is 3.57. The third kappa shape index (κ3) is 2.96. The normalized spacial score (nSPS) is 12.7. The van der Waals surface area contributed by atoms with Crippen molar-refractivity contribution in [1.29, 1.82) is 0 Å². The molecule has 0 aliphatic carbocycles. The van der Waals surface area contributed by atoms with Crippen molar-refractivity contribution < 1.29 is 9.84 Å². The molecule has 0 spiro atoms. The molecule has 1 aromatic rings. The van der Waals surface area contributed by atoms with Gasteiger partial charge in [0.15, 0.2) is 0 Å². The van der Waals surface area contributed by atoms with Crippen molar-refractivity contribution in [2.45, 2.75) is 40.7 Å². The molecule has 2 N–H and O–H groups in total. The second-order valence-electron chi connectivity index (χ2n) is 5.20. The molecule has 0 saturated heterocycles. The molecule has 1 atom stereocenters. The second-order valence-corrected chi connectivity index (χ2v) is 5.20. The molecule has 0 aliphatic heterocycles. The summed E-state index contributed by atoms with van der Waals surface area (Å²) in [5.41, 5.74) is 4.53. The van der Waals surface area contributed by atoms with Crippen LogP contribution in [0, 0.1) is 26.7 Å². The minimum atomic E-state index is 0.0795. The van der Waals surface area contributed by atoms with Gasteiger partial charge < -0.3 is 15.2 Å². The summed E-state index contributed by atoms with van der Waals surface area (Å²) in [5, 5.41) is 12.8. The van der Waals surface area contributed by atoms with E-state index >= 15 is 0 Å². The lowest BCUT2D eigenvalue weighted by molar-refractivity contribution is 0.249. The molecular weight excluding hydrogens is 226 g/mol. The topological polar surface area (TPSA) is 41.5 Å². The molecule has 1 rings (SSSR count). The van der Waals surface area contributed by atoms with Gasteiger partial charge in [-0.1, -0.05) is 13.8 Å². The molecule has 0 radical (unpaired) electrons. The van der Waals surface area contributed by atoms with Gasteiger partial charge in [0.25, 0.3) is 0 Å². The number of hydrogen-bond acceptors (Lipinski definition) is 3. The van der Waals surface area contributed by atoms with Crippen LogP contribution in [0.2, 0.25) is 0 Å². The summed E-state index contributed by atoms with van der Waals surface area (Å²) < 4.78 is 5.41. The standard InChI is InChI=1S/C15H25NO2/c1-9(2)14(8-17)16-13-7-10(3)15(18-6)12(5)11(13)4/h7,9,14,16-17H,8H2,1-6H3. The number of rotatable bonds is 5. The van der Waals surface area contributed by atoms with E-state index in [4.69, 9.17) is 4.74 Å². The largest absolute Gasteiger partial charge is 0.496 e. The van der Waals surface area contributed by atoms with Crippen molar-refractivity contribution in [2.24, 2.45) is 5.92 Å². The van der Waals surface area contributed by atoms with Gasteiger partial charge in [0.1, 0.15) is 5.75 Å². The van der Waals surface area contributed by atoms with E-state index in [-0.39, 0.29) is 12.6 Å². The molecule has 102 valence electrons. The van der Waals surface area contributed by atoms with Crippen LogP contribution in [0.25, 0.3) is 0 Å². The Hall–Kier alpha value is -1.22. The molecule has 0 heterocycles. The van der Waals surface area contributed by atoms with E-state index < -0.39 is 0 Å². The Morgan fingerprint density at radius 1 is 1.22 bits per heavy atom. The molecule has 3 nitrogen and oxygen atoms in total. The van der Waals surface area contributed by atoms with Crippen molar-refractivity contribution in [2.75, 3.05) is 19.0 Å². The zero-order valence-corrected chi connectivity index (χ0v) is 12.3. The highest BCUT2D eigenvalue weighted by Crippen LogP contribution is 2.32. The maximum atomic E-state index is 9.40. The predicted octanol–water partition coefficient (Wildman–Crippen LogP) is 3.05. The van der Waals surface area contributed by atoms with Crippen molar-refractivity contribution in [3.8, 4) is 5.75 Å². The predicted molar refractivity (Wildman–Crippen MR) is 76.5 cm³/mol. The van der Waals surface area contributed by atoms with Crippen LogP contribution in [0.1, 0.15) is 30.5 Å². The Morgan fingerprint density at radius 2 is 1.83 bits per heavy atom. The first-order valence-electron chi connectivity index (χ1n) is 6.44. The monoisotopic (exact) mass is 251 g/mol. The highest BCUT2D eigenvalue weighted by Gasteiger charge is 2.16. The molecule has 18 heavy (non-hydrogen) atoms. The Kier molecular flexibility index (Phi) is 5.03. The number of ether oxygens (including phenoxy) is 1. The summed E-state index contributed by atoms with van der Waals surface area (Å²) >= 11 is 0. The number of aryl methyl sites for hydroxylation is 1. The lowest BCUT2D eigenvalue weighted by atomic mass is 10.00. The Balaban J connectivity index is 3.11. The van der Waals surface area contributed by atoms with Gasteiger partial charge in [0, 0.05) is 5.69 Å². The fourth-order valence-electron chi connectivity index (χ4n) is 2.15. The van der Waals surface area contributed by atoms with Gasteiger partial charge in [-0.15, -0.1) is 0 Å². The van der Waals surface area contributed by atoms with Gasteiger partial charge in [-0.3, -0.25) is 0 Å². The average Bonchev–Trinajstić information content (AvgIpc) is 2.32. The molecule has 1 aromatic carbocycles. The smallest absolute Gasteiger partial charge is 0.125 e. The van der Waals surface area contributed by atoms with E-state index in [9.17, 15) is 5.11 Å². The van der Waals surface area contributed by atoms with Crippen LogP contribution in [0.3, 0.4) is 0 Å². The van der Waals surface area contributed by atoms with E-state index in [1.54, 1.807) is 7.11 Å². The fourth-order valence-corrected chi connectivity index (χ4v) is 2.15.